The number of nitro groups is 1. The van der Waals surface area contributed by atoms with Crippen molar-refractivity contribution in [1.29, 1.82) is 0 Å². The molecule has 45 heavy (non-hydrogen) atoms. The second kappa shape index (κ2) is 10.8. The van der Waals surface area contributed by atoms with E-state index >= 15 is 0 Å². The molecule has 7 nitrogen and oxygen atoms in total. The number of fused-ring (bicyclic) bond motifs is 4. The molecule has 8 rings (SSSR count). The van der Waals surface area contributed by atoms with Gasteiger partial charge in [0.2, 0.25) is 0 Å². The molecule has 3 heterocycles. The highest BCUT2D eigenvalue weighted by Crippen LogP contribution is 2.41. The van der Waals surface area contributed by atoms with Gasteiger partial charge in [0.25, 0.3) is 11.2 Å². The first-order valence-electron chi connectivity index (χ1n) is 14.6. The van der Waals surface area contributed by atoms with Gasteiger partial charge in [-0.1, -0.05) is 95.7 Å². The lowest BCUT2D eigenvalue weighted by Crippen LogP contribution is -2.38. The van der Waals surface area contributed by atoms with E-state index in [1.54, 1.807) is 16.7 Å². The topological polar surface area (TPSA) is 82.4 Å². The van der Waals surface area contributed by atoms with Crippen LogP contribution in [-0.2, 0) is 13.0 Å². The largest absolute Gasteiger partial charge is 0.342 e. The number of para-hydroxylation sites is 1. The summed E-state index contributed by atoms with van der Waals surface area (Å²) in [5, 5.41) is 13.5. The Morgan fingerprint density at radius 2 is 1.78 bits per heavy atom. The summed E-state index contributed by atoms with van der Waals surface area (Å²) in [6, 6.07) is 30.3. The second-order valence-corrected chi connectivity index (χ2v) is 12.7. The molecule has 0 bridgehead atoms. The Morgan fingerprint density at radius 1 is 0.978 bits per heavy atom. The number of benzene rings is 4. The van der Waals surface area contributed by atoms with E-state index in [1.807, 2.05) is 60.7 Å². The van der Waals surface area contributed by atoms with Gasteiger partial charge in [-0.3, -0.25) is 19.5 Å². The lowest BCUT2D eigenvalue weighted by molar-refractivity contribution is -0.384. The highest BCUT2D eigenvalue weighted by Gasteiger charge is 2.33. The average Bonchev–Trinajstić information content (AvgIpc) is 3.57. The molecule has 1 aliphatic carbocycles. The van der Waals surface area contributed by atoms with E-state index in [4.69, 9.17) is 16.6 Å². The Labute approximate surface area is 266 Å². The van der Waals surface area contributed by atoms with Gasteiger partial charge in [0.05, 0.1) is 21.2 Å². The summed E-state index contributed by atoms with van der Waals surface area (Å²) in [7, 11) is 0. The fourth-order valence-electron chi connectivity index (χ4n) is 6.60. The van der Waals surface area contributed by atoms with Gasteiger partial charge in [-0.25, -0.2) is 4.99 Å². The number of hydrogen-bond acceptors (Lipinski definition) is 5. The summed E-state index contributed by atoms with van der Waals surface area (Å²) in [5.41, 5.74) is 7.63. The number of hydrogen-bond donors (Lipinski definition) is 0. The van der Waals surface area contributed by atoms with Crippen LogP contribution in [-0.4, -0.2) is 14.1 Å². The van der Waals surface area contributed by atoms with Crippen molar-refractivity contribution in [3.63, 3.8) is 0 Å². The molecule has 6 aromatic rings. The Morgan fingerprint density at radius 3 is 2.64 bits per heavy atom. The van der Waals surface area contributed by atoms with Crippen molar-refractivity contribution in [2.75, 3.05) is 0 Å². The van der Waals surface area contributed by atoms with E-state index in [1.165, 1.54) is 23.0 Å². The van der Waals surface area contributed by atoms with Crippen LogP contribution in [0.5, 0.6) is 0 Å². The number of nitro benzene ring substituents is 1. The predicted molar refractivity (Wildman–Crippen MR) is 178 cm³/mol. The number of allylic oxidation sites excluding steroid dienone is 1. The maximum Gasteiger partial charge on any atom is 0.271 e. The molecule has 0 spiro atoms. The first kappa shape index (κ1) is 27.5. The fourth-order valence-corrected chi connectivity index (χ4v) is 7.79. The molecule has 1 aliphatic heterocycles. The third-order valence-corrected chi connectivity index (χ3v) is 10.0. The minimum atomic E-state index is -0.492. The monoisotopic (exact) mass is 628 g/mol. The van der Waals surface area contributed by atoms with E-state index in [0.717, 1.165) is 45.3 Å². The van der Waals surface area contributed by atoms with E-state index in [-0.39, 0.29) is 11.2 Å². The van der Waals surface area contributed by atoms with E-state index in [2.05, 4.69) is 35.0 Å². The minimum Gasteiger partial charge on any atom is -0.342 e. The zero-order valence-corrected chi connectivity index (χ0v) is 25.5. The molecule has 2 aromatic heterocycles. The van der Waals surface area contributed by atoms with Crippen molar-refractivity contribution in [3.8, 4) is 0 Å². The summed E-state index contributed by atoms with van der Waals surface area (Å²) in [6.45, 7) is 0.591. The predicted octanol–water partition coefficient (Wildman–Crippen LogP) is 6.88. The van der Waals surface area contributed by atoms with Gasteiger partial charge < -0.3 is 4.57 Å². The number of nitrogens with zero attached hydrogens (tertiary/aromatic N) is 4. The van der Waals surface area contributed by atoms with Gasteiger partial charge in [0.15, 0.2) is 4.80 Å². The SMILES string of the molecule is O=c1/c(=C\c2cn(Cc3ccccc3Cl)c3ccccc23)sc2n1[C@H](c1cccc([N+](=O)[O-])c1)C1=C(N=2)c2ccccc2CC1. The number of thiazole rings is 1. The molecule has 9 heteroatoms. The number of halogens is 1. The molecule has 0 unspecified atom stereocenters. The summed E-state index contributed by atoms with van der Waals surface area (Å²) >= 11 is 7.85. The molecule has 0 N–H and O–H groups in total. The third kappa shape index (κ3) is 4.65. The van der Waals surface area contributed by atoms with Gasteiger partial charge in [0.1, 0.15) is 0 Å². The van der Waals surface area contributed by atoms with Crippen molar-refractivity contribution < 1.29 is 4.92 Å². The Hall–Kier alpha value is -5.05. The van der Waals surface area contributed by atoms with E-state index in [9.17, 15) is 14.9 Å². The molecule has 0 amide bonds. The zero-order valence-electron chi connectivity index (χ0n) is 23.9. The number of aryl methyl sites for hydroxylation is 1. The fraction of sp³-hybridized carbons (Fsp3) is 0.111. The van der Waals surface area contributed by atoms with Crippen LogP contribution in [0.2, 0.25) is 5.02 Å². The lowest BCUT2D eigenvalue weighted by atomic mass is 9.83. The maximum atomic E-state index is 14.3. The highest BCUT2D eigenvalue weighted by molar-refractivity contribution is 7.07. The molecular weight excluding hydrogens is 604 g/mol. The third-order valence-electron chi connectivity index (χ3n) is 8.67. The van der Waals surface area contributed by atoms with Crippen LogP contribution in [0.4, 0.5) is 5.69 Å². The summed E-state index contributed by atoms with van der Waals surface area (Å²) in [4.78, 5) is 31.3. The van der Waals surface area contributed by atoms with Crippen molar-refractivity contribution in [2.45, 2.75) is 25.4 Å². The smallest absolute Gasteiger partial charge is 0.271 e. The summed E-state index contributed by atoms with van der Waals surface area (Å²) < 4.78 is 4.43. The summed E-state index contributed by atoms with van der Waals surface area (Å²) in [6.07, 6.45) is 5.52. The number of rotatable bonds is 5. The van der Waals surface area contributed by atoms with Gasteiger partial charge in [0, 0.05) is 51.9 Å². The molecule has 0 radical (unpaired) electrons. The molecule has 1 atom stereocenters. The van der Waals surface area contributed by atoms with Crippen LogP contribution < -0.4 is 14.9 Å². The highest BCUT2D eigenvalue weighted by atomic mass is 35.5. The number of non-ortho nitro benzene ring substituents is 1. The minimum absolute atomic E-state index is 0.00341. The Balaban J connectivity index is 1.33. The molecular formula is C36H25ClN4O3S. The molecule has 2 aliphatic rings. The zero-order chi connectivity index (χ0) is 30.7. The van der Waals surface area contributed by atoms with Crippen LogP contribution in [0.25, 0.3) is 22.7 Å². The quantitative estimate of drug-likeness (QED) is 0.154. The van der Waals surface area contributed by atoms with Crippen molar-refractivity contribution >= 4 is 51.3 Å². The van der Waals surface area contributed by atoms with E-state index < -0.39 is 11.0 Å². The average molecular weight is 629 g/mol. The van der Waals surface area contributed by atoms with Crippen LogP contribution in [0.15, 0.2) is 119 Å². The number of aromatic nitrogens is 2. The lowest BCUT2D eigenvalue weighted by Gasteiger charge is -2.30. The standard InChI is InChI=1S/C36H25ClN4O3S/c37-30-14-5-2-9-24(30)20-39-21-25(27-12-4-6-15-31(27)39)19-32-35(42)40-34(23-10-7-11-26(18-23)41(43)44)29-17-16-22-8-1-3-13-28(22)33(29)38-36(40)45-32/h1-15,18-19,21,34H,16-17,20H2/b32-19+/t34-/m1/s1. The summed E-state index contributed by atoms with van der Waals surface area (Å²) in [5.74, 6) is 0. The van der Waals surface area contributed by atoms with Crippen molar-refractivity contribution in [1.82, 2.24) is 9.13 Å². The Kier molecular flexibility index (Phi) is 6.62. The van der Waals surface area contributed by atoms with Gasteiger partial charge >= 0.3 is 0 Å². The Bertz CT molecular complexity index is 2400. The van der Waals surface area contributed by atoms with Crippen molar-refractivity contribution in [3.05, 3.63) is 171 Å². The van der Waals surface area contributed by atoms with Crippen LogP contribution in [0.1, 0.15) is 40.3 Å². The van der Waals surface area contributed by atoms with Crippen molar-refractivity contribution in [2.24, 2.45) is 4.99 Å². The molecule has 0 saturated carbocycles. The second-order valence-electron chi connectivity index (χ2n) is 11.3. The molecule has 0 saturated heterocycles. The molecule has 220 valence electrons. The van der Waals surface area contributed by atoms with Crippen LogP contribution >= 0.6 is 22.9 Å². The molecule has 4 aromatic carbocycles. The first-order chi connectivity index (χ1) is 22.0. The maximum absolute atomic E-state index is 14.3. The van der Waals surface area contributed by atoms with E-state index in [0.29, 0.717) is 32.9 Å². The van der Waals surface area contributed by atoms with Crippen LogP contribution in [0.3, 0.4) is 0 Å². The van der Waals surface area contributed by atoms with Gasteiger partial charge in [-0.05, 0) is 53.3 Å². The first-order valence-corrected chi connectivity index (χ1v) is 15.8. The van der Waals surface area contributed by atoms with Gasteiger partial charge in [-0.2, -0.15) is 0 Å². The normalized spacial score (nSPS) is 15.8. The van der Waals surface area contributed by atoms with Gasteiger partial charge in [-0.15, -0.1) is 0 Å². The van der Waals surface area contributed by atoms with Crippen LogP contribution in [0, 0.1) is 10.1 Å². The molecule has 0 fully saturated rings.